The van der Waals surface area contributed by atoms with Crippen molar-refractivity contribution in [3.8, 4) is 0 Å². The predicted molar refractivity (Wildman–Crippen MR) is 194 cm³/mol. The number of nitro groups is 2. The second-order valence-corrected chi connectivity index (χ2v) is 15.6. The SMILES string of the molecule is CC(C)(C)NC(=O)OC1CC(Nc2nc(Cl)ncc2[N+](=O)[O-])C1.CC1CC(Nc2ncc([N+](=O)[O-])c(NC3CC(OC(=O)NC(C)(C)C)C3)n2)CCO1. The fraction of sp³-hybridized carbons (Fsp3) is 0.688. The zero-order valence-corrected chi connectivity index (χ0v) is 31.6. The molecule has 3 fully saturated rings. The number of hydrogen-bond acceptors (Lipinski definition) is 16. The van der Waals surface area contributed by atoms with Crippen molar-refractivity contribution in [1.29, 1.82) is 0 Å². The summed E-state index contributed by atoms with van der Waals surface area (Å²) < 4.78 is 16.1. The number of ether oxygens (including phenoxy) is 3. The highest BCUT2D eigenvalue weighted by atomic mass is 35.5. The van der Waals surface area contributed by atoms with Gasteiger partial charge in [-0.1, -0.05) is 0 Å². The van der Waals surface area contributed by atoms with E-state index in [1.807, 2.05) is 48.5 Å². The van der Waals surface area contributed by atoms with Crippen LogP contribution in [0.1, 0.15) is 87.0 Å². The zero-order valence-electron chi connectivity index (χ0n) is 30.8. The normalized spacial score (nSPS) is 23.7. The second kappa shape index (κ2) is 17.3. The Hall–Kier alpha value is -4.85. The first-order valence-electron chi connectivity index (χ1n) is 17.3. The lowest BCUT2D eigenvalue weighted by atomic mass is 9.89. The number of nitrogens with one attached hydrogen (secondary N) is 5. The molecule has 2 aromatic rings. The van der Waals surface area contributed by atoms with E-state index < -0.39 is 22.0 Å². The number of anilines is 3. The molecule has 2 amide bonds. The highest BCUT2D eigenvalue weighted by molar-refractivity contribution is 6.28. The van der Waals surface area contributed by atoms with Crippen molar-refractivity contribution >= 4 is 52.7 Å². The third kappa shape index (κ3) is 13.3. The van der Waals surface area contributed by atoms with Crippen molar-refractivity contribution in [2.24, 2.45) is 0 Å². The van der Waals surface area contributed by atoms with Gasteiger partial charge in [0.15, 0.2) is 0 Å². The van der Waals surface area contributed by atoms with Gasteiger partial charge in [0.25, 0.3) is 0 Å². The van der Waals surface area contributed by atoms with Gasteiger partial charge in [0.1, 0.15) is 24.6 Å². The smallest absolute Gasteiger partial charge is 0.407 e. The number of halogens is 1. The summed E-state index contributed by atoms with van der Waals surface area (Å²) >= 11 is 5.66. The van der Waals surface area contributed by atoms with Gasteiger partial charge < -0.3 is 40.8 Å². The molecule has 0 aromatic carbocycles. The molecular formula is C32H48ClN11O9. The molecule has 2 aliphatic carbocycles. The number of rotatable bonds is 10. The summed E-state index contributed by atoms with van der Waals surface area (Å²) in [5.41, 5.74) is -1.16. The van der Waals surface area contributed by atoms with Crippen LogP contribution in [0.3, 0.4) is 0 Å². The predicted octanol–water partition coefficient (Wildman–Crippen LogP) is 5.34. The van der Waals surface area contributed by atoms with Crippen LogP contribution in [-0.4, -0.2) is 96.1 Å². The minimum Gasteiger partial charge on any atom is -0.446 e. The van der Waals surface area contributed by atoms with Crippen molar-refractivity contribution in [1.82, 2.24) is 30.6 Å². The molecular weight excluding hydrogens is 718 g/mol. The van der Waals surface area contributed by atoms with Gasteiger partial charge in [0.2, 0.25) is 22.9 Å². The molecule has 5 rings (SSSR count). The van der Waals surface area contributed by atoms with Gasteiger partial charge >= 0.3 is 23.6 Å². The van der Waals surface area contributed by atoms with Gasteiger partial charge in [-0.25, -0.2) is 19.6 Å². The third-order valence-corrected chi connectivity index (χ3v) is 8.28. The van der Waals surface area contributed by atoms with E-state index >= 15 is 0 Å². The van der Waals surface area contributed by atoms with E-state index in [1.54, 1.807) is 0 Å². The van der Waals surface area contributed by atoms with E-state index in [1.165, 1.54) is 6.20 Å². The molecule has 0 radical (unpaired) electrons. The quantitative estimate of drug-likeness (QED) is 0.116. The van der Waals surface area contributed by atoms with Crippen LogP contribution in [0, 0.1) is 20.2 Å². The number of nitrogens with zero attached hydrogens (tertiary/aromatic N) is 6. The molecule has 2 saturated carbocycles. The molecule has 3 aliphatic rings. The molecule has 3 heterocycles. The lowest BCUT2D eigenvalue weighted by Gasteiger charge is -2.36. The number of aromatic nitrogens is 4. The minimum absolute atomic E-state index is 0.0672. The number of hydrogen-bond donors (Lipinski definition) is 5. The number of alkyl carbamates (subject to hydrolysis) is 2. The fourth-order valence-electron chi connectivity index (χ4n) is 5.51. The molecule has 2 unspecified atom stereocenters. The third-order valence-electron chi connectivity index (χ3n) is 8.09. The second-order valence-electron chi connectivity index (χ2n) is 15.3. The molecule has 1 aliphatic heterocycles. The van der Waals surface area contributed by atoms with Crippen molar-refractivity contribution in [2.45, 2.75) is 135 Å². The van der Waals surface area contributed by atoms with Crippen molar-refractivity contribution in [2.75, 3.05) is 22.6 Å². The van der Waals surface area contributed by atoms with Gasteiger partial charge in [0.05, 0.1) is 16.0 Å². The summed E-state index contributed by atoms with van der Waals surface area (Å²) in [7, 11) is 0. The van der Waals surface area contributed by atoms with E-state index in [9.17, 15) is 29.8 Å². The Kier molecular flexibility index (Phi) is 13.4. The molecule has 2 aromatic heterocycles. The Morgan fingerprint density at radius 3 is 1.70 bits per heavy atom. The molecule has 53 heavy (non-hydrogen) atoms. The lowest BCUT2D eigenvalue weighted by Crippen LogP contribution is -2.47. The summed E-state index contributed by atoms with van der Waals surface area (Å²) in [6.07, 6.45) is 4.85. The summed E-state index contributed by atoms with van der Waals surface area (Å²) in [4.78, 5) is 60.5. The largest absolute Gasteiger partial charge is 0.446 e. The van der Waals surface area contributed by atoms with Crippen molar-refractivity contribution in [3.05, 3.63) is 37.9 Å². The van der Waals surface area contributed by atoms with Crippen LogP contribution in [0.2, 0.25) is 5.28 Å². The summed E-state index contributed by atoms with van der Waals surface area (Å²) in [5, 5.41) is 36.9. The molecule has 21 heteroatoms. The van der Waals surface area contributed by atoms with Gasteiger partial charge in [-0.2, -0.15) is 9.97 Å². The summed E-state index contributed by atoms with van der Waals surface area (Å²) in [6.45, 7) is 13.9. The maximum absolute atomic E-state index is 11.8. The van der Waals surface area contributed by atoms with E-state index in [0.717, 1.165) is 19.0 Å². The first-order chi connectivity index (χ1) is 24.7. The van der Waals surface area contributed by atoms with Crippen LogP contribution in [-0.2, 0) is 14.2 Å². The Bertz CT molecular complexity index is 1630. The summed E-state index contributed by atoms with van der Waals surface area (Å²) in [6, 6.07) is 0.0139. The van der Waals surface area contributed by atoms with Crippen molar-refractivity contribution < 1.29 is 33.6 Å². The Morgan fingerprint density at radius 2 is 1.25 bits per heavy atom. The average molecular weight is 766 g/mol. The Labute approximate surface area is 311 Å². The summed E-state index contributed by atoms with van der Waals surface area (Å²) in [5.74, 6) is 0.580. The maximum Gasteiger partial charge on any atom is 0.407 e. The Morgan fingerprint density at radius 1 is 0.774 bits per heavy atom. The van der Waals surface area contributed by atoms with E-state index in [4.69, 9.17) is 25.8 Å². The van der Waals surface area contributed by atoms with Crippen LogP contribution >= 0.6 is 11.6 Å². The molecule has 5 N–H and O–H groups in total. The highest BCUT2D eigenvalue weighted by Gasteiger charge is 2.36. The molecule has 1 saturated heterocycles. The first kappa shape index (κ1) is 40.9. The number of carbonyl (C=O) groups excluding carboxylic acids is 2. The fourth-order valence-corrected chi connectivity index (χ4v) is 5.64. The first-order valence-corrected chi connectivity index (χ1v) is 17.7. The standard InChI is InChI=1S/C19H30N6O5.C13H18ClN5O4/c1-11-7-12(5-6-29-11)22-17-20-10-15(25(27)28)16(23-17)21-13-8-14(9-13)30-18(26)24-19(2,3)4;1-13(2,3)18-12(20)23-8-4-7(5-8)16-10-9(19(21)22)6-15-11(14)17-10/h10-14H,5-9H2,1-4H3,(H,24,26)(H2,20,21,22,23);6-8H,4-5H2,1-3H3,(H,18,20)(H,15,16,17). The molecule has 20 nitrogen and oxygen atoms in total. The highest BCUT2D eigenvalue weighted by Crippen LogP contribution is 2.32. The van der Waals surface area contributed by atoms with Gasteiger partial charge in [-0.05, 0) is 72.9 Å². The Balaban J connectivity index is 0.000000245. The zero-order chi connectivity index (χ0) is 39.1. The van der Waals surface area contributed by atoms with E-state index in [2.05, 4.69) is 46.5 Å². The number of carbonyl (C=O) groups is 2. The van der Waals surface area contributed by atoms with Gasteiger partial charge in [-0.15, -0.1) is 0 Å². The van der Waals surface area contributed by atoms with E-state index in [-0.39, 0.29) is 75.8 Å². The van der Waals surface area contributed by atoms with Crippen LogP contribution in [0.15, 0.2) is 12.4 Å². The minimum atomic E-state index is -0.581. The van der Waals surface area contributed by atoms with Crippen LogP contribution in [0.4, 0.5) is 38.5 Å². The van der Waals surface area contributed by atoms with Crippen LogP contribution < -0.4 is 26.6 Å². The van der Waals surface area contributed by atoms with Crippen LogP contribution in [0.25, 0.3) is 0 Å². The van der Waals surface area contributed by atoms with Gasteiger partial charge in [-0.3, -0.25) is 20.2 Å². The maximum atomic E-state index is 11.8. The molecule has 0 bridgehead atoms. The topological polar surface area (TPSA) is 260 Å². The average Bonchev–Trinajstić information content (AvgIpc) is 2.97. The number of amides is 2. The lowest BCUT2D eigenvalue weighted by molar-refractivity contribution is -0.384. The molecule has 2 atom stereocenters. The van der Waals surface area contributed by atoms with Crippen LogP contribution in [0.5, 0.6) is 0 Å². The van der Waals surface area contributed by atoms with Crippen molar-refractivity contribution in [3.63, 3.8) is 0 Å². The van der Waals surface area contributed by atoms with E-state index in [0.29, 0.717) is 38.2 Å². The monoisotopic (exact) mass is 765 g/mol. The molecule has 292 valence electrons. The van der Waals surface area contributed by atoms with Gasteiger partial charge in [0, 0.05) is 61.5 Å². The molecule has 0 spiro atoms.